The fourth-order valence-electron chi connectivity index (χ4n) is 2.21. The summed E-state index contributed by atoms with van der Waals surface area (Å²) in [4.78, 5) is 0. The average molecular weight is 270 g/mol. The van der Waals surface area contributed by atoms with Crippen LogP contribution in [0.2, 0.25) is 0 Å². The lowest BCUT2D eigenvalue weighted by atomic mass is 9.83. The summed E-state index contributed by atoms with van der Waals surface area (Å²) in [6.07, 6.45) is 1.07. The molecule has 0 aromatic heterocycles. The SMILES string of the molecule is NCC1COCCC1c1ccccc1Br. The minimum absolute atomic E-state index is 0.456. The third-order valence-electron chi connectivity index (χ3n) is 3.08. The van der Waals surface area contributed by atoms with Gasteiger partial charge in [0.05, 0.1) is 6.61 Å². The topological polar surface area (TPSA) is 35.2 Å². The summed E-state index contributed by atoms with van der Waals surface area (Å²) < 4.78 is 6.66. The van der Waals surface area contributed by atoms with E-state index in [9.17, 15) is 0 Å². The molecule has 1 heterocycles. The van der Waals surface area contributed by atoms with Crippen molar-refractivity contribution in [2.75, 3.05) is 19.8 Å². The second-order valence-corrected chi connectivity index (χ2v) is 4.84. The Morgan fingerprint density at radius 2 is 2.20 bits per heavy atom. The van der Waals surface area contributed by atoms with Gasteiger partial charge in [0.1, 0.15) is 0 Å². The highest BCUT2D eigenvalue weighted by Crippen LogP contribution is 2.35. The molecule has 1 aliphatic heterocycles. The molecule has 1 aromatic rings. The van der Waals surface area contributed by atoms with Crippen LogP contribution in [0, 0.1) is 5.92 Å². The zero-order valence-corrected chi connectivity index (χ0v) is 10.2. The van der Waals surface area contributed by atoms with Gasteiger partial charge in [-0.25, -0.2) is 0 Å². The summed E-state index contributed by atoms with van der Waals surface area (Å²) in [6, 6.07) is 8.41. The van der Waals surface area contributed by atoms with E-state index in [1.165, 1.54) is 10.0 Å². The molecule has 0 aliphatic carbocycles. The van der Waals surface area contributed by atoms with Crippen LogP contribution in [0.1, 0.15) is 17.9 Å². The van der Waals surface area contributed by atoms with E-state index < -0.39 is 0 Å². The molecule has 3 heteroatoms. The third-order valence-corrected chi connectivity index (χ3v) is 3.80. The molecule has 2 rings (SSSR count). The number of hydrogen-bond acceptors (Lipinski definition) is 2. The van der Waals surface area contributed by atoms with Gasteiger partial charge in [0.2, 0.25) is 0 Å². The summed E-state index contributed by atoms with van der Waals surface area (Å²) in [5.41, 5.74) is 7.16. The number of benzene rings is 1. The van der Waals surface area contributed by atoms with E-state index in [1.54, 1.807) is 0 Å². The van der Waals surface area contributed by atoms with E-state index in [2.05, 4.69) is 34.1 Å². The summed E-state index contributed by atoms with van der Waals surface area (Å²) in [5.74, 6) is 0.997. The highest BCUT2D eigenvalue weighted by molar-refractivity contribution is 9.10. The van der Waals surface area contributed by atoms with Crippen LogP contribution in [0.4, 0.5) is 0 Å². The first-order chi connectivity index (χ1) is 7.33. The van der Waals surface area contributed by atoms with Crippen molar-refractivity contribution in [1.82, 2.24) is 0 Å². The third kappa shape index (κ3) is 2.41. The maximum absolute atomic E-state index is 5.79. The van der Waals surface area contributed by atoms with Crippen LogP contribution in [0.15, 0.2) is 28.7 Å². The van der Waals surface area contributed by atoms with E-state index in [0.29, 0.717) is 18.4 Å². The minimum atomic E-state index is 0.456. The summed E-state index contributed by atoms with van der Waals surface area (Å²) >= 11 is 3.61. The van der Waals surface area contributed by atoms with Crippen molar-refractivity contribution in [2.45, 2.75) is 12.3 Å². The van der Waals surface area contributed by atoms with Crippen molar-refractivity contribution in [3.8, 4) is 0 Å². The maximum Gasteiger partial charge on any atom is 0.0512 e. The van der Waals surface area contributed by atoms with Crippen LogP contribution in [0.25, 0.3) is 0 Å². The molecular formula is C12H16BrNO. The van der Waals surface area contributed by atoms with Crippen LogP contribution >= 0.6 is 15.9 Å². The Kier molecular flexibility index (Phi) is 3.78. The molecule has 15 heavy (non-hydrogen) atoms. The predicted molar refractivity (Wildman–Crippen MR) is 64.9 cm³/mol. The van der Waals surface area contributed by atoms with Gasteiger partial charge < -0.3 is 10.5 Å². The van der Waals surface area contributed by atoms with Crippen LogP contribution in [0.5, 0.6) is 0 Å². The Hall–Kier alpha value is -0.380. The van der Waals surface area contributed by atoms with Crippen LogP contribution in [-0.2, 0) is 4.74 Å². The van der Waals surface area contributed by atoms with Gasteiger partial charge in [-0.1, -0.05) is 34.1 Å². The molecule has 0 radical (unpaired) electrons. The molecule has 0 bridgehead atoms. The largest absolute Gasteiger partial charge is 0.381 e. The van der Waals surface area contributed by atoms with E-state index >= 15 is 0 Å². The van der Waals surface area contributed by atoms with Crippen LogP contribution in [0.3, 0.4) is 0 Å². The Balaban J connectivity index is 2.24. The molecule has 2 atom stereocenters. The second-order valence-electron chi connectivity index (χ2n) is 3.99. The van der Waals surface area contributed by atoms with E-state index in [1.807, 2.05) is 6.07 Å². The molecule has 0 spiro atoms. The second kappa shape index (κ2) is 5.10. The van der Waals surface area contributed by atoms with Gasteiger partial charge in [-0.3, -0.25) is 0 Å². The molecular weight excluding hydrogens is 254 g/mol. The van der Waals surface area contributed by atoms with E-state index in [4.69, 9.17) is 10.5 Å². The van der Waals surface area contributed by atoms with Crippen molar-refractivity contribution in [2.24, 2.45) is 11.7 Å². The number of rotatable bonds is 2. The lowest BCUT2D eigenvalue weighted by molar-refractivity contribution is 0.0434. The maximum atomic E-state index is 5.79. The molecule has 1 saturated heterocycles. The van der Waals surface area contributed by atoms with Crippen molar-refractivity contribution in [1.29, 1.82) is 0 Å². The monoisotopic (exact) mass is 269 g/mol. The highest BCUT2D eigenvalue weighted by atomic mass is 79.9. The van der Waals surface area contributed by atoms with Gasteiger partial charge in [0, 0.05) is 17.0 Å². The lowest BCUT2D eigenvalue weighted by Crippen LogP contribution is -2.31. The van der Waals surface area contributed by atoms with Gasteiger partial charge in [-0.05, 0) is 30.5 Å². The average Bonchev–Trinajstić information content (AvgIpc) is 2.30. The van der Waals surface area contributed by atoms with Crippen molar-refractivity contribution in [3.05, 3.63) is 34.3 Å². The molecule has 2 unspecified atom stereocenters. The van der Waals surface area contributed by atoms with E-state index in [-0.39, 0.29) is 0 Å². The number of hydrogen-bond donors (Lipinski definition) is 1. The molecule has 82 valence electrons. The van der Waals surface area contributed by atoms with Gasteiger partial charge >= 0.3 is 0 Å². The first kappa shape index (κ1) is 11.1. The molecule has 2 N–H and O–H groups in total. The Labute approximate surface area is 98.9 Å². The molecule has 0 saturated carbocycles. The number of halogens is 1. The molecule has 1 aromatic carbocycles. The Morgan fingerprint density at radius 3 is 2.93 bits per heavy atom. The normalized spacial score (nSPS) is 26.5. The van der Waals surface area contributed by atoms with Crippen LogP contribution < -0.4 is 5.73 Å². The lowest BCUT2D eigenvalue weighted by Gasteiger charge is -2.31. The summed E-state index contributed by atoms with van der Waals surface area (Å²) in [7, 11) is 0. The smallest absolute Gasteiger partial charge is 0.0512 e. The number of nitrogens with two attached hydrogens (primary N) is 1. The molecule has 1 aliphatic rings. The fraction of sp³-hybridized carbons (Fsp3) is 0.500. The van der Waals surface area contributed by atoms with Crippen molar-refractivity contribution in [3.63, 3.8) is 0 Å². The zero-order valence-electron chi connectivity index (χ0n) is 8.66. The molecule has 2 nitrogen and oxygen atoms in total. The Bertz CT molecular complexity index is 329. The van der Waals surface area contributed by atoms with Gasteiger partial charge in [0.25, 0.3) is 0 Å². The standard InChI is InChI=1S/C12H16BrNO/c13-12-4-2-1-3-11(12)10-5-6-15-8-9(10)7-14/h1-4,9-10H,5-8,14H2. The van der Waals surface area contributed by atoms with Crippen molar-refractivity contribution >= 4 is 15.9 Å². The highest BCUT2D eigenvalue weighted by Gasteiger charge is 2.27. The van der Waals surface area contributed by atoms with Gasteiger partial charge in [0.15, 0.2) is 0 Å². The first-order valence-corrected chi connectivity index (χ1v) is 6.14. The first-order valence-electron chi connectivity index (χ1n) is 5.35. The summed E-state index contributed by atoms with van der Waals surface area (Å²) in [5, 5.41) is 0. The Morgan fingerprint density at radius 1 is 1.40 bits per heavy atom. The number of ether oxygens (including phenoxy) is 1. The zero-order chi connectivity index (χ0) is 10.7. The van der Waals surface area contributed by atoms with Crippen molar-refractivity contribution < 1.29 is 4.74 Å². The van der Waals surface area contributed by atoms with Gasteiger partial charge in [-0.2, -0.15) is 0 Å². The predicted octanol–water partition coefficient (Wildman–Crippen LogP) is 2.53. The van der Waals surface area contributed by atoms with Gasteiger partial charge in [-0.15, -0.1) is 0 Å². The quantitative estimate of drug-likeness (QED) is 0.896. The molecule has 0 amide bonds. The fourth-order valence-corrected chi connectivity index (χ4v) is 2.79. The van der Waals surface area contributed by atoms with E-state index in [0.717, 1.165) is 19.6 Å². The van der Waals surface area contributed by atoms with Crippen LogP contribution in [-0.4, -0.2) is 19.8 Å². The minimum Gasteiger partial charge on any atom is -0.381 e. The molecule has 1 fully saturated rings. The summed E-state index contributed by atoms with van der Waals surface area (Å²) in [6.45, 7) is 2.34.